The zero-order valence-corrected chi connectivity index (χ0v) is 27.3. The van der Waals surface area contributed by atoms with E-state index < -0.39 is 17.1 Å². The molecule has 2 amide bonds. The van der Waals surface area contributed by atoms with E-state index in [1.54, 1.807) is 48.5 Å². The first-order valence-electron chi connectivity index (χ1n) is 15.3. The molecule has 1 aliphatic heterocycles. The normalized spacial score (nSPS) is 13.4. The van der Waals surface area contributed by atoms with Crippen LogP contribution in [0.5, 0.6) is 0 Å². The molecule has 0 saturated heterocycles. The minimum Gasteiger partial charge on any atom is -0.478 e. The Morgan fingerprint density at radius 3 is 2.45 bits per heavy atom. The van der Waals surface area contributed by atoms with E-state index in [-0.39, 0.29) is 17.0 Å². The van der Waals surface area contributed by atoms with Crippen molar-refractivity contribution in [2.24, 2.45) is 0 Å². The van der Waals surface area contributed by atoms with Crippen molar-refractivity contribution in [1.82, 2.24) is 4.90 Å². The van der Waals surface area contributed by atoms with Gasteiger partial charge in [-0.2, -0.15) is 5.26 Å². The number of rotatable bonds is 10. The van der Waals surface area contributed by atoms with Crippen LogP contribution in [0.2, 0.25) is 0 Å². The second-order valence-electron chi connectivity index (χ2n) is 11.3. The average Bonchev–Trinajstić information content (AvgIpc) is 3.42. The number of amides is 2. The monoisotopic (exact) mass is 660 g/mol. The molecule has 0 spiro atoms. The molecule has 0 aliphatic carbocycles. The minimum absolute atomic E-state index is 0.0602. The number of nitrogens with one attached hydrogen (secondary N) is 2. The quantitative estimate of drug-likeness (QED) is 0.131. The van der Waals surface area contributed by atoms with Gasteiger partial charge in [0.25, 0.3) is 5.91 Å². The maximum Gasteiger partial charge on any atom is 0.336 e. The highest BCUT2D eigenvalue weighted by molar-refractivity contribution is 8.00. The SMILES string of the molecule is CCC(Sc1cccc(NC(=O)c2cccc3cccc(C(=O)O)c23)c1)C(=O)Nc1sc2c(c1C#N)CCN(Cc1ccccc1)C2. The van der Waals surface area contributed by atoms with Crippen molar-refractivity contribution in [3.05, 3.63) is 124 Å². The summed E-state index contributed by atoms with van der Waals surface area (Å²) in [4.78, 5) is 43.0. The Morgan fingerprint density at radius 2 is 1.72 bits per heavy atom. The van der Waals surface area contributed by atoms with E-state index >= 15 is 0 Å². The van der Waals surface area contributed by atoms with Gasteiger partial charge in [0.15, 0.2) is 0 Å². The fourth-order valence-corrected chi connectivity index (χ4v) is 8.13. The number of carbonyl (C=O) groups is 3. The number of benzene rings is 4. The number of thiophene rings is 1. The van der Waals surface area contributed by atoms with Crippen molar-refractivity contribution >= 4 is 62.3 Å². The van der Waals surface area contributed by atoms with Crippen LogP contribution in [0.15, 0.2) is 95.9 Å². The van der Waals surface area contributed by atoms with Gasteiger partial charge in [0, 0.05) is 46.0 Å². The van der Waals surface area contributed by atoms with Crippen LogP contribution in [0.4, 0.5) is 10.7 Å². The third kappa shape index (κ3) is 7.08. The zero-order valence-electron chi connectivity index (χ0n) is 25.7. The number of carboxylic acid groups (broad SMARTS) is 1. The summed E-state index contributed by atoms with van der Waals surface area (Å²) in [5.74, 6) is -1.71. The Morgan fingerprint density at radius 1 is 0.979 bits per heavy atom. The molecule has 0 radical (unpaired) electrons. The van der Waals surface area contributed by atoms with Crippen molar-refractivity contribution in [3.8, 4) is 6.07 Å². The fraction of sp³-hybridized carbons (Fsp3) is 0.189. The van der Waals surface area contributed by atoms with E-state index in [9.17, 15) is 24.8 Å². The summed E-state index contributed by atoms with van der Waals surface area (Å²) in [6.45, 7) is 4.36. The summed E-state index contributed by atoms with van der Waals surface area (Å²) < 4.78 is 0. The highest BCUT2D eigenvalue weighted by Crippen LogP contribution is 2.38. The van der Waals surface area contributed by atoms with E-state index in [0.29, 0.717) is 33.4 Å². The standard InChI is InChI=1S/C37H32N4O4S2/c1-2-31(35(43)40-36-30(20-38)27-17-18-41(22-32(27)47-36)21-23-9-4-3-5-10-23)46-26-14-8-13-25(19-26)39-34(42)28-15-6-11-24-12-7-16-29(33(24)28)37(44)45/h3-16,19,31H,2,17-18,21-22H2,1H3,(H,39,42)(H,40,43)(H,44,45). The Balaban J connectivity index is 1.14. The molecule has 4 aromatic carbocycles. The minimum atomic E-state index is -1.10. The van der Waals surface area contributed by atoms with Gasteiger partial charge in [-0.05, 0) is 59.7 Å². The van der Waals surface area contributed by atoms with Crippen LogP contribution in [-0.2, 0) is 24.3 Å². The molecule has 1 aliphatic rings. The van der Waals surface area contributed by atoms with Gasteiger partial charge in [0.1, 0.15) is 11.1 Å². The lowest BCUT2D eigenvalue weighted by molar-refractivity contribution is -0.115. The van der Waals surface area contributed by atoms with Crippen LogP contribution >= 0.6 is 23.1 Å². The smallest absolute Gasteiger partial charge is 0.336 e. The molecule has 8 nitrogen and oxygen atoms in total. The van der Waals surface area contributed by atoms with Gasteiger partial charge in [0.2, 0.25) is 5.91 Å². The van der Waals surface area contributed by atoms with Gasteiger partial charge in [-0.3, -0.25) is 14.5 Å². The van der Waals surface area contributed by atoms with Gasteiger partial charge in [0.05, 0.1) is 16.4 Å². The van der Waals surface area contributed by atoms with Crippen LogP contribution in [0.3, 0.4) is 0 Å². The highest BCUT2D eigenvalue weighted by atomic mass is 32.2. The van der Waals surface area contributed by atoms with Crippen molar-refractivity contribution < 1.29 is 19.5 Å². The highest BCUT2D eigenvalue weighted by Gasteiger charge is 2.27. The molecule has 0 bridgehead atoms. The van der Waals surface area contributed by atoms with Gasteiger partial charge in [-0.15, -0.1) is 23.1 Å². The van der Waals surface area contributed by atoms with E-state index in [0.717, 1.165) is 41.4 Å². The van der Waals surface area contributed by atoms with E-state index in [2.05, 4.69) is 33.7 Å². The van der Waals surface area contributed by atoms with Gasteiger partial charge >= 0.3 is 5.97 Å². The lowest BCUT2D eigenvalue weighted by Crippen LogP contribution is -2.29. The number of fused-ring (bicyclic) bond motifs is 2. The first kappa shape index (κ1) is 32.0. The summed E-state index contributed by atoms with van der Waals surface area (Å²) in [5.41, 5.74) is 3.68. The number of hydrogen-bond acceptors (Lipinski definition) is 7. The molecular formula is C37H32N4O4S2. The lowest BCUT2D eigenvalue weighted by Gasteiger charge is -2.26. The third-order valence-corrected chi connectivity index (χ3v) is 10.6. The lowest BCUT2D eigenvalue weighted by atomic mass is 9.98. The Hall–Kier alpha value is -4.95. The number of nitrogens with zero attached hydrogens (tertiary/aromatic N) is 2. The predicted molar refractivity (Wildman–Crippen MR) is 187 cm³/mol. The van der Waals surface area contributed by atoms with Crippen LogP contribution < -0.4 is 10.6 Å². The number of anilines is 2. The average molecular weight is 661 g/mol. The molecule has 5 aromatic rings. The number of carboxylic acids is 1. The summed E-state index contributed by atoms with van der Waals surface area (Å²) in [6.07, 6.45) is 1.32. The number of hydrogen-bond donors (Lipinski definition) is 3. The Labute approximate surface area is 281 Å². The Bertz CT molecular complexity index is 2010. The molecule has 236 valence electrons. The largest absolute Gasteiger partial charge is 0.478 e. The Kier molecular flexibility index (Phi) is 9.68. The van der Waals surface area contributed by atoms with Crippen molar-refractivity contribution in [2.75, 3.05) is 17.2 Å². The van der Waals surface area contributed by atoms with Gasteiger partial charge in [-0.1, -0.05) is 67.6 Å². The van der Waals surface area contributed by atoms with Gasteiger partial charge < -0.3 is 15.7 Å². The summed E-state index contributed by atoms with van der Waals surface area (Å²) in [7, 11) is 0. The topological polar surface area (TPSA) is 123 Å². The molecule has 47 heavy (non-hydrogen) atoms. The van der Waals surface area contributed by atoms with E-state index in [4.69, 9.17) is 0 Å². The predicted octanol–water partition coefficient (Wildman–Crippen LogP) is 7.79. The summed E-state index contributed by atoms with van der Waals surface area (Å²) in [6, 6.07) is 29.9. The maximum atomic E-state index is 13.5. The molecule has 2 heterocycles. The van der Waals surface area contributed by atoms with Gasteiger partial charge in [-0.25, -0.2) is 4.79 Å². The number of thioether (sulfide) groups is 1. The second-order valence-corrected chi connectivity index (χ2v) is 13.6. The fourth-order valence-electron chi connectivity index (χ4n) is 5.87. The van der Waals surface area contributed by atoms with Crippen molar-refractivity contribution in [1.29, 1.82) is 5.26 Å². The number of carbonyl (C=O) groups excluding carboxylic acids is 2. The molecule has 0 fully saturated rings. The van der Waals surface area contributed by atoms with Crippen molar-refractivity contribution in [2.45, 2.75) is 43.0 Å². The molecule has 1 unspecified atom stereocenters. The molecule has 0 saturated carbocycles. The van der Waals surface area contributed by atoms with Crippen LogP contribution in [0.1, 0.15) is 55.6 Å². The van der Waals surface area contributed by atoms with Crippen LogP contribution in [0.25, 0.3) is 10.8 Å². The molecule has 1 aromatic heterocycles. The van der Waals surface area contributed by atoms with Crippen LogP contribution in [-0.4, -0.2) is 39.6 Å². The van der Waals surface area contributed by atoms with E-state index in [1.807, 2.05) is 31.2 Å². The molecule has 3 N–H and O–H groups in total. The third-order valence-electron chi connectivity index (χ3n) is 8.15. The number of nitriles is 1. The second kappa shape index (κ2) is 14.2. The number of aromatic carboxylic acids is 1. The molecule has 10 heteroatoms. The molecule has 1 atom stereocenters. The van der Waals surface area contributed by atoms with Crippen LogP contribution in [0, 0.1) is 11.3 Å². The zero-order chi connectivity index (χ0) is 32.9. The summed E-state index contributed by atoms with van der Waals surface area (Å²) >= 11 is 2.87. The molecule has 6 rings (SSSR count). The van der Waals surface area contributed by atoms with E-state index in [1.165, 1.54) is 34.7 Å². The maximum absolute atomic E-state index is 13.5. The first-order valence-corrected chi connectivity index (χ1v) is 17.0. The molecular weight excluding hydrogens is 629 g/mol. The summed E-state index contributed by atoms with van der Waals surface area (Å²) in [5, 5.41) is 26.9. The first-order chi connectivity index (χ1) is 22.8. The van der Waals surface area contributed by atoms with Crippen molar-refractivity contribution in [3.63, 3.8) is 0 Å².